The molecule has 1 unspecified atom stereocenters. The van der Waals surface area contributed by atoms with Crippen LogP contribution >= 0.6 is 0 Å². The van der Waals surface area contributed by atoms with E-state index in [1.807, 2.05) is 13.0 Å². The SMILES string of the molecule is COC(=O)C[C@@]1(C)CCC[C@]2(C)c3ccc(C(C)C)cc3C(=O)[C@H](OC(C)=O)C12. The molecule has 4 atom stereocenters. The lowest BCUT2D eigenvalue weighted by Crippen LogP contribution is -2.59. The van der Waals surface area contributed by atoms with E-state index in [4.69, 9.17) is 9.47 Å². The number of carbonyl (C=O) groups is 3. The quantitative estimate of drug-likeness (QED) is 0.693. The highest BCUT2D eigenvalue weighted by molar-refractivity contribution is 6.04. The average molecular weight is 401 g/mol. The number of ether oxygens (including phenoxy) is 2. The molecule has 0 amide bonds. The topological polar surface area (TPSA) is 69.7 Å². The molecule has 0 radical (unpaired) electrons. The zero-order valence-corrected chi connectivity index (χ0v) is 18.3. The van der Waals surface area contributed by atoms with Crippen molar-refractivity contribution in [3.05, 3.63) is 34.9 Å². The molecule has 0 aliphatic heterocycles. The summed E-state index contributed by atoms with van der Waals surface area (Å²) in [4.78, 5) is 37.7. The molecular formula is C24H32O5. The van der Waals surface area contributed by atoms with Gasteiger partial charge in [0.2, 0.25) is 5.78 Å². The second kappa shape index (κ2) is 7.58. The molecule has 0 aromatic heterocycles. The molecule has 3 rings (SSSR count). The van der Waals surface area contributed by atoms with Gasteiger partial charge in [0.25, 0.3) is 0 Å². The molecule has 1 saturated carbocycles. The highest BCUT2D eigenvalue weighted by atomic mass is 16.5. The Morgan fingerprint density at radius 1 is 1.21 bits per heavy atom. The van der Waals surface area contributed by atoms with Crippen LogP contribution in [0.2, 0.25) is 0 Å². The van der Waals surface area contributed by atoms with Crippen molar-refractivity contribution in [1.29, 1.82) is 0 Å². The average Bonchev–Trinajstić information content (AvgIpc) is 2.64. The Balaban J connectivity index is 2.20. The van der Waals surface area contributed by atoms with Gasteiger partial charge in [0, 0.05) is 23.8 Å². The van der Waals surface area contributed by atoms with E-state index in [0.717, 1.165) is 30.4 Å². The van der Waals surface area contributed by atoms with Crippen molar-refractivity contribution < 1.29 is 23.9 Å². The van der Waals surface area contributed by atoms with Crippen LogP contribution in [0.1, 0.15) is 87.7 Å². The van der Waals surface area contributed by atoms with Gasteiger partial charge in [-0.1, -0.05) is 46.2 Å². The third kappa shape index (κ3) is 3.60. The normalized spacial score (nSPS) is 31.1. The maximum Gasteiger partial charge on any atom is 0.306 e. The Hall–Kier alpha value is -2.17. The molecule has 0 spiro atoms. The molecule has 2 aliphatic rings. The standard InChI is InChI=1S/C24H32O5/c1-14(2)16-8-9-18-17(12-16)20(27)21(29-15(3)25)22-23(4,13-19(26)28-6)10-7-11-24(18,22)5/h8-9,12,14,21-22H,7,10-11,13H2,1-6H3/t21-,22?,23+,24+/m0/s1. The van der Waals surface area contributed by atoms with E-state index < -0.39 is 17.5 Å². The van der Waals surface area contributed by atoms with Crippen LogP contribution in [0.3, 0.4) is 0 Å². The minimum atomic E-state index is -0.887. The van der Waals surface area contributed by atoms with Crippen molar-refractivity contribution in [2.24, 2.45) is 11.3 Å². The van der Waals surface area contributed by atoms with Gasteiger partial charge in [-0.3, -0.25) is 14.4 Å². The van der Waals surface area contributed by atoms with E-state index in [1.54, 1.807) is 0 Å². The first-order chi connectivity index (χ1) is 13.5. The third-order valence-electron chi connectivity index (χ3n) is 7.10. The van der Waals surface area contributed by atoms with E-state index in [-0.39, 0.29) is 29.5 Å². The van der Waals surface area contributed by atoms with E-state index in [1.165, 1.54) is 14.0 Å². The van der Waals surface area contributed by atoms with Gasteiger partial charge < -0.3 is 9.47 Å². The summed E-state index contributed by atoms with van der Waals surface area (Å²) in [6.07, 6.45) is 1.92. The van der Waals surface area contributed by atoms with E-state index in [0.29, 0.717) is 11.5 Å². The van der Waals surface area contributed by atoms with Crippen LogP contribution in [-0.2, 0) is 24.5 Å². The maximum atomic E-state index is 13.6. The molecule has 5 nitrogen and oxygen atoms in total. The number of hydrogen-bond donors (Lipinski definition) is 0. The Kier molecular flexibility index (Phi) is 5.63. The minimum absolute atomic E-state index is 0.154. The van der Waals surface area contributed by atoms with Crippen LogP contribution in [0.15, 0.2) is 18.2 Å². The number of rotatable bonds is 4. The highest BCUT2D eigenvalue weighted by Crippen LogP contribution is 2.59. The summed E-state index contributed by atoms with van der Waals surface area (Å²) in [5, 5.41) is 0. The summed E-state index contributed by atoms with van der Waals surface area (Å²) in [5.74, 6) is -0.913. The van der Waals surface area contributed by atoms with E-state index in [2.05, 4.69) is 32.9 Å². The van der Waals surface area contributed by atoms with Gasteiger partial charge in [0.15, 0.2) is 6.10 Å². The highest BCUT2D eigenvalue weighted by Gasteiger charge is 2.60. The van der Waals surface area contributed by atoms with Crippen LogP contribution < -0.4 is 0 Å². The lowest BCUT2D eigenvalue weighted by atomic mass is 9.48. The maximum absolute atomic E-state index is 13.6. The van der Waals surface area contributed by atoms with E-state index >= 15 is 0 Å². The Morgan fingerprint density at radius 3 is 2.48 bits per heavy atom. The second-order valence-corrected chi connectivity index (χ2v) is 9.51. The fraction of sp³-hybridized carbons (Fsp3) is 0.625. The first-order valence-corrected chi connectivity index (χ1v) is 10.5. The summed E-state index contributed by atoms with van der Waals surface area (Å²) in [6, 6.07) is 6.13. The number of esters is 2. The van der Waals surface area contributed by atoms with Crippen molar-refractivity contribution in [2.45, 2.75) is 77.7 Å². The molecular weight excluding hydrogens is 368 g/mol. The Labute approximate surface area is 173 Å². The molecule has 0 heterocycles. The number of carbonyl (C=O) groups excluding carboxylic acids is 3. The Bertz CT molecular complexity index is 842. The third-order valence-corrected chi connectivity index (χ3v) is 7.10. The summed E-state index contributed by atoms with van der Waals surface area (Å²) in [5.41, 5.74) is 1.90. The summed E-state index contributed by atoms with van der Waals surface area (Å²) >= 11 is 0. The predicted molar refractivity (Wildman–Crippen MR) is 110 cm³/mol. The number of hydrogen-bond acceptors (Lipinski definition) is 5. The van der Waals surface area contributed by atoms with Gasteiger partial charge >= 0.3 is 11.9 Å². The molecule has 5 heteroatoms. The van der Waals surface area contributed by atoms with Gasteiger partial charge in [-0.15, -0.1) is 0 Å². The van der Waals surface area contributed by atoms with Crippen molar-refractivity contribution in [2.75, 3.05) is 7.11 Å². The van der Waals surface area contributed by atoms with Gasteiger partial charge in [0.1, 0.15) is 0 Å². The van der Waals surface area contributed by atoms with Gasteiger partial charge in [0.05, 0.1) is 13.5 Å². The van der Waals surface area contributed by atoms with Crippen molar-refractivity contribution >= 4 is 17.7 Å². The number of fused-ring (bicyclic) bond motifs is 3. The summed E-state index contributed by atoms with van der Waals surface area (Å²) < 4.78 is 10.6. The molecule has 1 aromatic carbocycles. The summed E-state index contributed by atoms with van der Waals surface area (Å²) in [6.45, 7) is 9.71. The Morgan fingerprint density at radius 2 is 1.90 bits per heavy atom. The second-order valence-electron chi connectivity index (χ2n) is 9.51. The zero-order valence-electron chi connectivity index (χ0n) is 18.3. The van der Waals surface area contributed by atoms with Gasteiger partial charge in [-0.25, -0.2) is 0 Å². The fourth-order valence-electron chi connectivity index (χ4n) is 5.77. The van der Waals surface area contributed by atoms with Crippen LogP contribution in [0.25, 0.3) is 0 Å². The molecule has 0 N–H and O–H groups in total. The fourth-order valence-corrected chi connectivity index (χ4v) is 5.77. The monoisotopic (exact) mass is 400 g/mol. The van der Waals surface area contributed by atoms with Crippen LogP contribution in [0.4, 0.5) is 0 Å². The van der Waals surface area contributed by atoms with Crippen molar-refractivity contribution in [3.8, 4) is 0 Å². The summed E-state index contributed by atoms with van der Waals surface area (Å²) in [7, 11) is 1.38. The van der Waals surface area contributed by atoms with Gasteiger partial charge in [-0.2, -0.15) is 0 Å². The lowest BCUT2D eigenvalue weighted by Gasteiger charge is -2.56. The zero-order chi connectivity index (χ0) is 21.6. The first kappa shape index (κ1) is 21.5. The van der Waals surface area contributed by atoms with Crippen molar-refractivity contribution in [1.82, 2.24) is 0 Å². The minimum Gasteiger partial charge on any atom is -0.469 e. The molecule has 1 aromatic rings. The molecule has 29 heavy (non-hydrogen) atoms. The number of benzene rings is 1. The molecule has 158 valence electrons. The van der Waals surface area contributed by atoms with Crippen LogP contribution in [0, 0.1) is 11.3 Å². The van der Waals surface area contributed by atoms with E-state index in [9.17, 15) is 14.4 Å². The largest absolute Gasteiger partial charge is 0.469 e. The molecule has 0 bridgehead atoms. The predicted octanol–water partition coefficient (Wildman–Crippen LogP) is 4.57. The van der Waals surface area contributed by atoms with Crippen molar-refractivity contribution in [3.63, 3.8) is 0 Å². The molecule has 0 saturated heterocycles. The molecule has 2 aliphatic carbocycles. The van der Waals surface area contributed by atoms with Gasteiger partial charge in [-0.05, 0) is 41.4 Å². The smallest absolute Gasteiger partial charge is 0.306 e. The van der Waals surface area contributed by atoms with Crippen LogP contribution in [-0.4, -0.2) is 30.9 Å². The lowest BCUT2D eigenvalue weighted by molar-refractivity contribution is -0.157. The number of methoxy groups -OCH3 is 1. The number of ketones is 1. The number of Topliss-reactive ketones (excluding diaryl/α,β-unsaturated/α-hetero) is 1. The first-order valence-electron chi connectivity index (χ1n) is 10.5. The van der Waals surface area contributed by atoms with Crippen LogP contribution in [0.5, 0.6) is 0 Å². The molecule has 1 fully saturated rings.